The number of rotatable bonds is 11. The first-order chi connectivity index (χ1) is 15.5. The average Bonchev–Trinajstić information content (AvgIpc) is 2.81. The topological polar surface area (TPSA) is 66.5 Å². The normalized spacial score (nSPS) is 11.2. The molecule has 3 aromatic rings. The minimum Gasteiger partial charge on any atom is -0.354 e. The van der Waals surface area contributed by atoms with Gasteiger partial charge in [0.2, 0.25) is 5.91 Å². The molecule has 0 atom stereocenters. The third-order valence-electron chi connectivity index (χ3n) is 4.84. The van der Waals surface area contributed by atoms with Gasteiger partial charge in [-0.1, -0.05) is 66.2 Å². The molecule has 0 spiro atoms. The highest BCUT2D eigenvalue weighted by atomic mass is 32.2. The van der Waals surface area contributed by atoms with Crippen molar-refractivity contribution in [3.05, 3.63) is 96.1 Å². The molecule has 0 bridgehead atoms. The Morgan fingerprint density at radius 3 is 2.19 bits per heavy atom. The van der Waals surface area contributed by atoms with E-state index in [1.165, 1.54) is 9.87 Å². The molecule has 0 saturated carbocycles. The third kappa shape index (κ3) is 6.87. The largest absolute Gasteiger partial charge is 0.354 e. The molecule has 168 valence electrons. The second kappa shape index (κ2) is 11.7. The van der Waals surface area contributed by atoms with Crippen molar-refractivity contribution in [2.45, 2.75) is 24.0 Å². The average molecular weight is 469 g/mol. The van der Waals surface area contributed by atoms with Crippen LogP contribution in [0.4, 0.5) is 5.69 Å². The van der Waals surface area contributed by atoms with Crippen LogP contribution in [0.25, 0.3) is 0 Å². The molecule has 5 nitrogen and oxygen atoms in total. The number of aryl methyl sites for hydroxylation is 1. The number of carbonyl (C=O) groups is 1. The Balaban J connectivity index is 1.57. The van der Waals surface area contributed by atoms with Crippen molar-refractivity contribution in [2.24, 2.45) is 0 Å². The van der Waals surface area contributed by atoms with Gasteiger partial charge in [0.15, 0.2) is 0 Å². The van der Waals surface area contributed by atoms with Crippen LogP contribution >= 0.6 is 11.8 Å². The summed E-state index contributed by atoms with van der Waals surface area (Å²) in [5.74, 6) is 1.53. The SMILES string of the molecule is Cc1ccc(N(CC(=O)NCCCSCc2ccccc2)S(=O)(=O)c2ccccc2)cc1. The summed E-state index contributed by atoms with van der Waals surface area (Å²) < 4.78 is 27.7. The van der Waals surface area contributed by atoms with Gasteiger partial charge in [0, 0.05) is 12.3 Å². The van der Waals surface area contributed by atoms with Crippen molar-refractivity contribution in [1.29, 1.82) is 0 Å². The van der Waals surface area contributed by atoms with Gasteiger partial charge < -0.3 is 5.32 Å². The molecule has 1 N–H and O–H groups in total. The standard InChI is InChI=1S/C25H28N2O3S2/c1-21-13-15-23(16-14-21)27(32(29,30)24-11-6-3-7-12-24)19-25(28)26-17-8-18-31-20-22-9-4-2-5-10-22/h2-7,9-16H,8,17-20H2,1H3,(H,26,28). The lowest BCUT2D eigenvalue weighted by molar-refractivity contribution is -0.119. The Hall–Kier alpha value is -2.77. The van der Waals surface area contributed by atoms with Crippen molar-refractivity contribution in [2.75, 3.05) is 23.1 Å². The first-order valence-electron chi connectivity index (χ1n) is 10.5. The smallest absolute Gasteiger partial charge is 0.264 e. The van der Waals surface area contributed by atoms with Crippen LogP contribution in [-0.2, 0) is 20.6 Å². The summed E-state index contributed by atoms with van der Waals surface area (Å²) in [7, 11) is -3.86. The number of benzene rings is 3. The van der Waals surface area contributed by atoms with Crippen molar-refractivity contribution in [1.82, 2.24) is 5.32 Å². The number of amides is 1. The third-order valence-corrected chi connectivity index (χ3v) is 7.74. The maximum atomic E-state index is 13.2. The van der Waals surface area contributed by atoms with Crippen LogP contribution in [0.1, 0.15) is 17.5 Å². The number of hydrogen-bond acceptors (Lipinski definition) is 4. The number of carbonyl (C=O) groups excluding carboxylic acids is 1. The van der Waals surface area contributed by atoms with Gasteiger partial charge in [-0.15, -0.1) is 0 Å². The lowest BCUT2D eigenvalue weighted by Gasteiger charge is -2.24. The van der Waals surface area contributed by atoms with Gasteiger partial charge in [-0.3, -0.25) is 9.10 Å². The number of hydrogen-bond donors (Lipinski definition) is 1. The first-order valence-corrected chi connectivity index (χ1v) is 13.1. The van der Waals surface area contributed by atoms with E-state index in [9.17, 15) is 13.2 Å². The van der Waals surface area contributed by atoms with Crippen LogP contribution in [0.3, 0.4) is 0 Å². The highest BCUT2D eigenvalue weighted by molar-refractivity contribution is 7.98. The fourth-order valence-electron chi connectivity index (χ4n) is 3.10. The fourth-order valence-corrected chi connectivity index (χ4v) is 5.46. The van der Waals surface area contributed by atoms with Gasteiger partial charge in [-0.2, -0.15) is 11.8 Å². The minimum atomic E-state index is -3.86. The zero-order chi connectivity index (χ0) is 22.8. The lowest BCUT2D eigenvalue weighted by Crippen LogP contribution is -2.41. The summed E-state index contributed by atoms with van der Waals surface area (Å²) in [6.45, 7) is 2.17. The highest BCUT2D eigenvalue weighted by Crippen LogP contribution is 2.23. The van der Waals surface area contributed by atoms with E-state index >= 15 is 0 Å². The summed E-state index contributed by atoms with van der Waals surface area (Å²) in [4.78, 5) is 12.8. The van der Waals surface area contributed by atoms with E-state index in [1.54, 1.807) is 42.5 Å². The fraction of sp³-hybridized carbons (Fsp3) is 0.240. The Labute approximate surface area is 194 Å². The van der Waals surface area contributed by atoms with Crippen molar-refractivity contribution in [3.8, 4) is 0 Å². The van der Waals surface area contributed by atoms with Crippen LogP contribution in [-0.4, -0.2) is 33.2 Å². The molecule has 0 aliphatic rings. The quantitative estimate of drug-likeness (QED) is 0.417. The molecule has 0 aliphatic carbocycles. The molecule has 1 amide bonds. The van der Waals surface area contributed by atoms with Crippen LogP contribution in [0.15, 0.2) is 89.8 Å². The van der Waals surface area contributed by atoms with Crippen molar-refractivity contribution in [3.63, 3.8) is 0 Å². The monoisotopic (exact) mass is 468 g/mol. The van der Waals surface area contributed by atoms with Gasteiger partial charge >= 0.3 is 0 Å². The van der Waals surface area contributed by atoms with E-state index in [0.717, 1.165) is 23.5 Å². The molecular weight excluding hydrogens is 440 g/mol. The maximum absolute atomic E-state index is 13.2. The van der Waals surface area contributed by atoms with E-state index < -0.39 is 10.0 Å². The van der Waals surface area contributed by atoms with E-state index in [2.05, 4.69) is 17.4 Å². The molecule has 32 heavy (non-hydrogen) atoms. The Bertz CT molecular complexity index is 1090. The van der Waals surface area contributed by atoms with E-state index in [-0.39, 0.29) is 17.3 Å². The predicted molar refractivity (Wildman–Crippen MR) is 132 cm³/mol. The summed E-state index contributed by atoms with van der Waals surface area (Å²) in [6.07, 6.45) is 0.819. The Kier molecular flexibility index (Phi) is 8.76. The predicted octanol–water partition coefficient (Wildman–Crippen LogP) is 4.63. The van der Waals surface area contributed by atoms with Crippen molar-refractivity contribution >= 4 is 33.4 Å². The number of nitrogens with zero attached hydrogens (tertiary/aromatic N) is 1. The molecule has 0 heterocycles. The van der Waals surface area contributed by atoms with Gasteiger partial charge in [-0.05, 0) is 48.9 Å². The highest BCUT2D eigenvalue weighted by Gasteiger charge is 2.26. The first kappa shape index (κ1) is 23.9. The number of nitrogens with one attached hydrogen (secondary N) is 1. The molecule has 0 radical (unpaired) electrons. The molecule has 0 aromatic heterocycles. The molecule has 0 aliphatic heterocycles. The molecular formula is C25H28N2O3S2. The number of anilines is 1. The number of sulfonamides is 1. The Morgan fingerprint density at radius 2 is 1.53 bits per heavy atom. The van der Waals surface area contributed by atoms with Gasteiger partial charge in [0.05, 0.1) is 10.6 Å². The summed E-state index contributed by atoms with van der Waals surface area (Å²) >= 11 is 1.81. The molecule has 0 saturated heterocycles. The maximum Gasteiger partial charge on any atom is 0.264 e. The molecule has 3 aromatic carbocycles. The van der Waals surface area contributed by atoms with Crippen LogP contribution in [0, 0.1) is 6.92 Å². The van der Waals surface area contributed by atoms with Crippen molar-refractivity contribution < 1.29 is 13.2 Å². The van der Waals surface area contributed by atoms with Crippen LogP contribution in [0.5, 0.6) is 0 Å². The second-order valence-electron chi connectivity index (χ2n) is 7.40. The van der Waals surface area contributed by atoms with E-state index in [4.69, 9.17) is 0 Å². The Morgan fingerprint density at radius 1 is 0.906 bits per heavy atom. The molecule has 0 unspecified atom stereocenters. The van der Waals surface area contributed by atoms with Gasteiger partial charge in [0.25, 0.3) is 10.0 Å². The zero-order valence-corrected chi connectivity index (χ0v) is 19.7. The van der Waals surface area contributed by atoms with E-state index in [1.807, 2.05) is 49.0 Å². The zero-order valence-electron chi connectivity index (χ0n) is 18.1. The van der Waals surface area contributed by atoms with Crippen LogP contribution < -0.4 is 9.62 Å². The van der Waals surface area contributed by atoms with Gasteiger partial charge in [0.1, 0.15) is 6.54 Å². The lowest BCUT2D eigenvalue weighted by atomic mass is 10.2. The van der Waals surface area contributed by atoms with Crippen LogP contribution in [0.2, 0.25) is 0 Å². The second-order valence-corrected chi connectivity index (χ2v) is 10.4. The molecule has 3 rings (SSSR count). The minimum absolute atomic E-state index is 0.158. The molecule has 0 fully saturated rings. The summed E-state index contributed by atoms with van der Waals surface area (Å²) in [5.41, 5.74) is 2.76. The van der Waals surface area contributed by atoms with Gasteiger partial charge in [-0.25, -0.2) is 8.42 Å². The summed E-state index contributed by atoms with van der Waals surface area (Å²) in [5, 5.41) is 2.86. The van der Waals surface area contributed by atoms with E-state index in [0.29, 0.717) is 12.2 Å². The summed E-state index contributed by atoms with van der Waals surface area (Å²) in [6, 6.07) is 25.6. The molecule has 7 heteroatoms. The number of thioether (sulfide) groups is 1.